The smallest absolute Gasteiger partial charge is 0.227 e. The molecule has 0 unspecified atom stereocenters. The zero-order valence-corrected chi connectivity index (χ0v) is 12.4. The molecule has 0 radical (unpaired) electrons. The summed E-state index contributed by atoms with van der Waals surface area (Å²) in [4.78, 5) is 14.6. The van der Waals surface area contributed by atoms with Crippen LogP contribution >= 0.6 is 0 Å². The Labute approximate surface area is 126 Å². The number of benzene rings is 1. The molecule has 0 aromatic heterocycles. The number of aliphatic hydroxyl groups excluding tert-OH is 1. The van der Waals surface area contributed by atoms with E-state index in [1.165, 1.54) is 12.8 Å². The van der Waals surface area contributed by atoms with E-state index >= 15 is 0 Å². The van der Waals surface area contributed by atoms with Gasteiger partial charge in [-0.05, 0) is 37.8 Å². The molecule has 1 saturated carbocycles. The highest BCUT2D eigenvalue weighted by atomic mass is 16.3. The number of nitrogens with one attached hydrogen (secondary N) is 1. The molecule has 114 valence electrons. The average molecular weight is 288 g/mol. The lowest BCUT2D eigenvalue weighted by molar-refractivity contribution is -0.119. The van der Waals surface area contributed by atoms with Gasteiger partial charge in [0.1, 0.15) is 0 Å². The standard InChI is InChI=1S/C17H24N2O2/c20-14-9-11-19(12-10-14)16-8-4-3-7-15(16)18-17(21)13-5-1-2-6-13/h3-4,7-8,13-14,20H,1-2,5-6,9-12H2,(H,18,21). The first-order chi connectivity index (χ1) is 10.2. The van der Waals surface area contributed by atoms with Crippen molar-refractivity contribution in [2.45, 2.75) is 44.6 Å². The monoisotopic (exact) mass is 288 g/mol. The van der Waals surface area contributed by atoms with Crippen molar-refractivity contribution in [3.63, 3.8) is 0 Å². The summed E-state index contributed by atoms with van der Waals surface area (Å²) >= 11 is 0. The second-order valence-corrected chi connectivity index (χ2v) is 6.21. The number of hydrogen-bond acceptors (Lipinski definition) is 3. The van der Waals surface area contributed by atoms with Gasteiger partial charge in [0, 0.05) is 19.0 Å². The van der Waals surface area contributed by atoms with E-state index in [9.17, 15) is 9.90 Å². The predicted molar refractivity (Wildman–Crippen MR) is 84.5 cm³/mol. The molecule has 1 aromatic carbocycles. The number of rotatable bonds is 3. The second kappa shape index (κ2) is 6.48. The summed E-state index contributed by atoms with van der Waals surface area (Å²) in [5.74, 6) is 0.346. The molecule has 1 saturated heterocycles. The van der Waals surface area contributed by atoms with Crippen molar-refractivity contribution in [3.05, 3.63) is 24.3 Å². The minimum Gasteiger partial charge on any atom is -0.393 e. The number of amides is 1. The fourth-order valence-corrected chi connectivity index (χ4v) is 3.38. The van der Waals surface area contributed by atoms with E-state index in [4.69, 9.17) is 0 Å². The van der Waals surface area contributed by atoms with Gasteiger partial charge >= 0.3 is 0 Å². The van der Waals surface area contributed by atoms with Gasteiger partial charge in [-0.1, -0.05) is 25.0 Å². The Morgan fingerprint density at radius 3 is 2.48 bits per heavy atom. The van der Waals surface area contributed by atoms with Gasteiger partial charge in [-0.25, -0.2) is 0 Å². The lowest BCUT2D eigenvalue weighted by Gasteiger charge is -2.33. The molecule has 4 heteroatoms. The highest BCUT2D eigenvalue weighted by molar-refractivity contribution is 5.96. The first-order valence-corrected chi connectivity index (χ1v) is 8.07. The number of carbonyl (C=O) groups is 1. The van der Waals surface area contributed by atoms with Crippen molar-refractivity contribution in [3.8, 4) is 0 Å². The molecule has 2 aliphatic rings. The largest absolute Gasteiger partial charge is 0.393 e. The van der Waals surface area contributed by atoms with Crippen LogP contribution in [0.3, 0.4) is 0 Å². The van der Waals surface area contributed by atoms with Crippen molar-refractivity contribution >= 4 is 17.3 Å². The van der Waals surface area contributed by atoms with Gasteiger partial charge in [0.05, 0.1) is 17.5 Å². The van der Waals surface area contributed by atoms with Gasteiger partial charge in [0.25, 0.3) is 0 Å². The van der Waals surface area contributed by atoms with E-state index in [0.717, 1.165) is 50.1 Å². The highest BCUT2D eigenvalue weighted by Crippen LogP contribution is 2.31. The summed E-state index contributed by atoms with van der Waals surface area (Å²) in [5, 5.41) is 12.8. The van der Waals surface area contributed by atoms with Gasteiger partial charge in [-0.3, -0.25) is 4.79 Å². The van der Waals surface area contributed by atoms with Crippen molar-refractivity contribution < 1.29 is 9.90 Å². The third-order valence-corrected chi connectivity index (χ3v) is 4.69. The molecule has 1 amide bonds. The zero-order chi connectivity index (χ0) is 14.7. The van der Waals surface area contributed by atoms with Crippen LogP contribution in [0.4, 0.5) is 11.4 Å². The lowest BCUT2D eigenvalue weighted by Crippen LogP contribution is -2.36. The van der Waals surface area contributed by atoms with Crippen molar-refractivity contribution in [2.24, 2.45) is 5.92 Å². The summed E-state index contributed by atoms with van der Waals surface area (Å²) in [5.41, 5.74) is 1.99. The van der Waals surface area contributed by atoms with Crippen molar-refractivity contribution in [1.82, 2.24) is 0 Å². The maximum Gasteiger partial charge on any atom is 0.227 e. The molecule has 0 atom stereocenters. The highest BCUT2D eigenvalue weighted by Gasteiger charge is 2.24. The van der Waals surface area contributed by atoms with Crippen LogP contribution in [0.5, 0.6) is 0 Å². The Morgan fingerprint density at radius 2 is 1.76 bits per heavy atom. The molecular formula is C17H24N2O2. The first kappa shape index (κ1) is 14.4. The van der Waals surface area contributed by atoms with Crippen LogP contribution in [-0.4, -0.2) is 30.2 Å². The fraction of sp³-hybridized carbons (Fsp3) is 0.588. The van der Waals surface area contributed by atoms with Gasteiger partial charge in [0.15, 0.2) is 0 Å². The molecular weight excluding hydrogens is 264 g/mol. The third kappa shape index (κ3) is 3.38. The van der Waals surface area contributed by atoms with E-state index in [1.54, 1.807) is 0 Å². The van der Waals surface area contributed by atoms with Crippen LogP contribution < -0.4 is 10.2 Å². The molecule has 2 N–H and O–H groups in total. The summed E-state index contributed by atoms with van der Waals surface area (Å²) < 4.78 is 0. The molecule has 1 aliphatic heterocycles. The molecule has 0 spiro atoms. The maximum atomic E-state index is 12.3. The Morgan fingerprint density at radius 1 is 1.10 bits per heavy atom. The molecule has 1 heterocycles. The molecule has 2 fully saturated rings. The van der Waals surface area contributed by atoms with Gasteiger partial charge < -0.3 is 15.3 Å². The number of hydrogen-bond donors (Lipinski definition) is 2. The number of nitrogens with zero attached hydrogens (tertiary/aromatic N) is 1. The first-order valence-electron chi connectivity index (χ1n) is 8.07. The Hall–Kier alpha value is -1.55. The minimum atomic E-state index is -0.179. The van der Waals surface area contributed by atoms with Crippen LogP contribution in [0.2, 0.25) is 0 Å². The van der Waals surface area contributed by atoms with Gasteiger partial charge in [0.2, 0.25) is 5.91 Å². The SMILES string of the molecule is O=C(Nc1ccccc1N1CCC(O)CC1)C1CCCC1. The Kier molecular flexibility index (Phi) is 4.44. The number of para-hydroxylation sites is 2. The van der Waals surface area contributed by atoms with Crippen LogP contribution in [0.1, 0.15) is 38.5 Å². The number of aliphatic hydroxyl groups is 1. The van der Waals surface area contributed by atoms with E-state index in [0.29, 0.717) is 0 Å². The van der Waals surface area contributed by atoms with E-state index in [-0.39, 0.29) is 17.9 Å². The zero-order valence-electron chi connectivity index (χ0n) is 12.4. The quantitative estimate of drug-likeness (QED) is 0.899. The second-order valence-electron chi connectivity index (χ2n) is 6.21. The van der Waals surface area contributed by atoms with Crippen LogP contribution in [-0.2, 0) is 4.79 Å². The normalized spacial score (nSPS) is 20.7. The molecule has 1 aromatic rings. The van der Waals surface area contributed by atoms with Crippen LogP contribution in [0.15, 0.2) is 24.3 Å². The number of piperidine rings is 1. The summed E-state index contributed by atoms with van der Waals surface area (Å²) in [6.07, 6.45) is 5.79. The molecule has 0 bridgehead atoms. The van der Waals surface area contributed by atoms with Gasteiger partial charge in [-0.15, -0.1) is 0 Å². The fourth-order valence-electron chi connectivity index (χ4n) is 3.38. The lowest BCUT2D eigenvalue weighted by atomic mass is 10.1. The average Bonchev–Trinajstić information content (AvgIpc) is 3.03. The van der Waals surface area contributed by atoms with Crippen LogP contribution in [0, 0.1) is 5.92 Å². The van der Waals surface area contributed by atoms with E-state index in [1.807, 2.05) is 18.2 Å². The summed E-state index contributed by atoms with van der Waals surface area (Å²) in [7, 11) is 0. The predicted octanol–water partition coefficient (Wildman–Crippen LogP) is 2.78. The molecule has 1 aliphatic carbocycles. The molecule has 4 nitrogen and oxygen atoms in total. The maximum absolute atomic E-state index is 12.3. The molecule has 3 rings (SSSR count). The number of anilines is 2. The minimum absolute atomic E-state index is 0.164. The Bertz CT molecular complexity index is 489. The van der Waals surface area contributed by atoms with Crippen LogP contribution in [0.25, 0.3) is 0 Å². The third-order valence-electron chi connectivity index (χ3n) is 4.69. The topological polar surface area (TPSA) is 52.6 Å². The van der Waals surface area contributed by atoms with E-state index < -0.39 is 0 Å². The van der Waals surface area contributed by atoms with Crippen molar-refractivity contribution in [2.75, 3.05) is 23.3 Å². The molecule has 21 heavy (non-hydrogen) atoms. The van der Waals surface area contributed by atoms with E-state index in [2.05, 4.69) is 16.3 Å². The van der Waals surface area contributed by atoms with Gasteiger partial charge in [-0.2, -0.15) is 0 Å². The summed E-state index contributed by atoms with van der Waals surface area (Å²) in [6.45, 7) is 1.69. The number of carbonyl (C=O) groups excluding carboxylic acids is 1. The summed E-state index contributed by atoms with van der Waals surface area (Å²) in [6, 6.07) is 8.01. The Balaban J connectivity index is 1.71. The van der Waals surface area contributed by atoms with Crippen molar-refractivity contribution in [1.29, 1.82) is 0 Å².